The standard InChI is InChI=1S/C14H21ClN2O/c1-12(13-3-2-4-14(15)11-13)16-5-6-17-7-9-18-10-8-17/h2-4,11-12,16H,5-10H2,1H3/t12-/m1/s1. The zero-order valence-electron chi connectivity index (χ0n) is 10.9. The molecule has 0 radical (unpaired) electrons. The van der Waals surface area contributed by atoms with E-state index >= 15 is 0 Å². The molecule has 1 N–H and O–H groups in total. The summed E-state index contributed by atoms with van der Waals surface area (Å²) in [5.41, 5.74) is 1.24. The van der Waals surface area contributed by atoms with Crippen molar-refractivity contribution in [2.75, 3.05) is 39.4 Å². The molecule has 1 aliphatic rings. The lowest BCUT2D eigenvalue weighted by atomic mass is 10.1. The summed E-state index contributed by atoms with van der Waals surface area (Å²) in [4.78, 5) is 2.43. The molecule has 0 saturated carbocycles. The Labute approximate surface area is 114 Å². The van der Waals surface area contributed by atoms with E-state index in [1.54, 1.807) is 0 Å². The second-order valence-electron chi connectivity index (χ2n) is 4.68. The Morgan fingerprint density at radius 1 is 1.39 bits per heavy atom. The molecule has 1 aliphatic heterocycles. The Balaban J connectivity index is 1.72. The Bertz CT molecular complexity index is 367. The number of ether oxygens (including phenoxy) is 1. The first-order chi connectivity index (χ1) is 8.75. The summed E-state index contributed by atoms with van der Waals surface area (Å²) >= 11 is 5.99. The quantitative estimate of drug-likeness (QED) is 0.887. The summed E-state index contributed by atoms with van der Waals surface area (Å²) in [6.45, 7) is 8.07. The zero-order valence-corrected chi connectivity index (χ0v) is 11.6. The van der Waals surface area contributed by atoms with Crippen molar-refractivity contribution in [2.45, 2.75) is 13.0 Å². The highest BCUT2D eigenvalue weighted by Gasteiger charge is 2.10. The van der Waals surface area contributed by atoms with Crippen LogP contribution in [-0.2, 0) is 4.74 Å². The second kappa shape index (κ2) is 7.10. The zero-order chi connectivity index (χ0) is 12.8. The van der Waals surface area contributed by atoms with Gasteiger partial charge in [0.25, 0.3) is 0 Å². The molecule has 3 nitrogen and oxygen atoms in total. The number of halogens is 1. The summed E-state index contributed by atoms with van der Waals surface area (Å²) in [5, 5.41) is 4.33. The summed E-state index contributed by atoms with van der Waals surface area (Å²) in [6.07, 6.45) is 0. The molecule has 0 aliphatic carbocycles. The van der Waals surface area contributed by atoms with Crippen molar-refractivity contribution >= 4 is 11.6 Å². The molecule has 0 spiro atoms. The molecule has 0 unspecified atom stereocenters. The van der Waals surface area contributed by atoms with Crippen LogP contribution in [0.15, 0.2) is 24.3 Å². The molecule has 1 aromatic carbocycles. The highest BCUT2D eigenvalue weighted by atomic mass is 35.5. The van der Waals surface area contributed by atoms with Crippen molar-refractivity contribution in [3.63, 3.8) is 0 Å². The van der Waals surface area contributed by atoms with Gasteiger partial charge in [-0.05, 0) is 24.6 Å². The van der Waals surface area contributed by atoms with Gasteiger partial charge in [0, 0.05) is 37.2 Å². The lowest BCUT2D eigenvalue weighted by Crippen LogP contribution is -2.40. The van der Waals surface area contributed by atoms with Crippen molar-refractivity contribution in [1.82, 2.24) is 10.2 Å². The van der Waals surface area contributed by atoms with Crippen molar-refractivity contribution < 1.29 is 4.74 Å². The molecule has 18 heavy (non-hydrogen) atoms. The van der Waals surface area contributed by atoms with E-state index < -0.39 is 0 Å². The van der Waals surface area contributed by atoms with Crippen LogP contribution in [0.5, 0.6) is 0 Å². The molecular formula is C14H21ClN2O. The first-order valence-corrected chi connectivity index (χ1v) is 6.92. The Morgan fingerprint density at radius 2 is 2.17 bits per heavy atom. The van der Waals surface area contributed by atoms with Gasteiger partial charge in [-0.3, -0.25) is 4.90 Å². The number of rotatable bonds is 5. The van der Waals surface area contributed by atoms with Crippen LogP contribution < -0.4 is 5.32 Å². The maximum atomic E-state index is 5.99. The van der Waals surface area contributed by atoms with Gasteiger partial charge in [0.2, 0.25) is 0 Å². The molecule has 0 bridgehead atoms. The van der Waals surface area contributed by atoms with Crippen LogP contribution in [0, 0.1) is 0 Å². The van der Waals surface area contributed by atoms with Crippen LogP contribution in [0.4, 0.5) is 0 Å². The topological polar surface area (TPSA) is 24.5 Å². The summed E-state index contributed by atoms with van der Waals surface area (Å²) in [5.74, 6) is 0. The largest absolute Gasteiger partial charge is 0.379 e. The number of nitrogens with one attached hydrogen (secondary N) is 1. The van der Waals surface area contributed by atoms with Crippen LogP contribution in [-0.4, -0.2) is 44.3 Å². The van der Waals surface area contributed by atoms with Crippen molar-refractivity contribution in [2.24, 2.45) is 0 Å². The van der Waals surface area contributed by atoms with Crippen molar-refractivity contribution in [1.29, 1.82) is 0 Å². The molecule has 1 fully saturated rings. The van der Waals surface area contributed by atoms with Crippen LogP contribution in [0.2, 0.25) is 5.02 Å². The van der Waals surface area contributed by atoms with E-state index in [1.165, 1.54) is 5.56 Å². The number of hydrogen-bond donors (Lipinski definition) is 1. The Kier molecular flexibility index (Phi) is 5.45. The summed E-state index contributed by atoms with van der Waals surface area (Å²) in [7, 11) is 0. The number of hydrogen-bond acceptors (Lipinski definition) is 3. The lowest BCUT2D eigenvalue weighted by Gasteiger charge is -2.27. The van der Waals surface area contributed by atoms with Crippen LogP contribution in [0.1, 0.15) is 18.5 Å². The van der Waals surface area contributed by atoms with E-state index in [2.05, 4.69) is 23.2 Å². The molecule has 0 amide bonds. The van der Waals surface area contributed by atoms with E-state index in [1.807, 2.05) is 18.2 Å². The van der Waals surface area contributed by atoms with Gasteiger partial charge in [-0.25, -0.2) is 0 Å². The smallest absolute Gasteiger partial charge is 0.0594 e. The third-order valence-corrected chi connectivity index (χ3v) is 3.57. The molecule has 1 saturated heterocycles. The number of morpholine rings is 1. The molecule has 4 heteroatoms. The summed E-state index contributed by atoms with van der Waals surface area (Å²) < 4.78 is 5.33. The molecule has 2 rings (SSSR count). The van der Waals surface area contributed by atoms with Crippen molar-refractivity contribution in [3.8, 4) is 0 Å². The minimum Gasteiger partial charge on any atom is -0.379 e. The molecule has 1 heterocycles. The van der Waals surface area contributed by atoms with Gasteiger partial charge in [0.15, 0.2) is 0 Å². The Morgan fingerprint density at radius 3 is 2.89 bits per heavy atom. The normalized spacial score (nSPS) is 18.8. The van der Waals surface area contributed by atoms with Crippen LogP contribution in [0.3, 0.4) is 0 Å². The van der Waals surface area contributed by atoms with Crippen LogP contribution >= 0.6 is 11.6 Å². The lowest BCUT2D eigenvalue weighted by molar-refractivity contribution is 0.0382. The van der Waals surface area contributed by atoms with E-state index in [0.717, 1.165) is 44.4 Å². The van der Waals surface area contributed by atoms with Crippen molar-refractivity contribution in [3.05, 3.63) is 34.9 Å². The van der Waals surface area contributed by atoms with Crippen LogP contribution in [0.25, 0.3) is 0 Å². The summed E-state index contributed by atoms with van der Waals surface area (Å²) in [6, 6.07) is 8.37. The Hall–Kier alpha value is -0.610. The second-order valence-corrected chi connectivity index (χ2v) is 5.12. The first kappa shape index (κ1) is 13.8. The molecule has 0 aromatic heterocycles. The average Bonchev–Trinajstić information content (AvgIpc) is 2.40. The van der Waals surface area contributed by atoms with E-state index in [4.69, 9.17) is 16.3 Å². The predicted octanol–water partition coefficient (Wildman–Crippen LogP) is 2.32. The van der Waals surface area contributed by atoms with E-state index in [-0.39, 0.29) is 0 Å². The average molecular weight is 269 g/mol. The van der Waals surface area contributed by atoms with E-state index in [9.17, 15) is 0 Å². The first-order valence-electron chi connectivity index (χ1n) is 6.54. The highest BCUT2D eigenvalue weighted by Crippen LogP contribution is 2.16. The molecule has 100 valence electrons. The molecular weight excluding hydrogens is 248 g/mol. The number of nitrogens with zero attached hydrogens (tertiary/aromatic N) is 1. The van der Waals surface area contributed by atoms with Gasteiger partial charge < -0.3 is 10.1 Å². The van der Waals surface area contributed by atoms with Gasteiger partial charge in [-0.15, -0.1) is 0 Å². The molecule has 1 aromatic rings. The highest BCUT2D eigenvalue weighted by molar-refractivity contribution is 6.30. The SMILES string of the molecule is C[C@@H](NCCN1CCOCC1)c1cccc(Cl)c1. The monoisotopic (exact) mass is 268 g/mol. The predicted molar refractivity (Wildman–Crippen MR) is 75.1 cm³/mol. The fourth-order valence-electron chi connectivity index (χ4n) is 2.16. The van der Waals surface area contributed by atoms with Gasteiger partial charge in [0.1, 0.15) is 0 Å². The minimum absolute atomic E-state index is 0.338. The third-order valence-electron chi connectivity index (χ3n) is 3.33. The third kappa shape index (κ3) is 4.25. The fourth-order valence-corrected chi connectivity index (χ4v) is 2.36. The van der Waals surface area contributed by atoms with Gasteiger partial charge >= 0.3 is 0 Å². The van der Waals surface area contributed by atoms with Gasteiger partial charge in [-0.1, -0.05) is 23.7 Å². The molecule has 1 atom stereocenters. The van der Waals surface area contributed by atoms with E-state index in [0.29, 0.717) is 6.04 Å². The minimum atomic E-state index is 0.338. The fraction of sp³-hybridized carbons (Fsp3) is 0.571. The van der Waals surface area contributed by atoms with Gasteiger partial charge in [0.05, 0.1) is 13.2 Å². The maximum Gasteiger partial charge on any atom is 0.0594 e. The number of benzene rings is 1. The maximum absolute atomic E-state index is 5.99. The van der Waals surface area contributed by atoms with Gasteiger partial charge in [-0.2, -0.15) is 0 Å².